The average Bonchev–Trinajstić information content (AvgIpc) is 2.47. The van der Waals surface area contributed by atoms with Crippen LogP contribution in [-0.2, 0) is 16.1 Å². The van der Waals surface area contributed by atoms with Crippen LogP contribution in [0, 0.1) is 0 Å². The minimum atomic E-state index is -0.232. The number of carbonyl (C=O) groups is 1. The van der Waals surface area contributed by atoms with Crippen LogP contribution >= 0.6 is 0 Å². The van der Waals surface area contributed by atoms with Gasteiger partial charge in [-0.25, -0.2) is 4.79 Å². The molecule has 0 fully saturated rings. The molecule has 0 atom stereocenters. The van der Waals surface area contributed by atoms with Crippen molar-refractivity contribution < 1.29 is 31.1 Å². The predicted molar refractivity (Wildman–Crippen MR) is 90.1 cm³/mol. The van der Waals surface area contributed by atoms with Crippen molar-refractivity contribution >= 4 is 12.0 Å². The van der Waals surface area contributed by atoms with E-state index in [1.165, 1.54) is 11.1 Å². The maximum atomic E-state index is 11.7. The van der Waals surface area contributed by atoms with Crippen molar-refractivity contribution in [1.29, 1.82) is 0 Å². The van der Waals surface area contributed by atoms with E-state index in [2.05, 4.69) is 33.4 Å². The number of nitrogens with zero attached hydrogens (tertiary/aromatic N) is 1. The fourth-order valence-electron chi connectivity index (χ4n) is 1.87. The molecule has 23 heavy (non-hydrogen) atoms. The summed E-state index contributed by atoms with van der Waals surface area (Å²) in [4.78, 5) is 11.7. The first kappa shape index (κ1) is 21.3. The number of hydrogen-bond donors (Lipinski definition) is 0. The fourth-order valence-corrected chi connectivity index (χ4v) is 1.87. The SMILES string of the molecule is C=Cc1cc[n+](CC(=O)OC/C=C(\C)CCC=C(C)C)cc1.[Br-]. The number of halogens is 1. The molecule has 0 saturated carbocycles. The van der Waals surface area contributed by atoms with E-state index >= 15 is 0 Å². The fraction of sp³-hybridized carbons (Fsp3) is 0.368. The Morgan fingerprint density at radius 1 is 1.22 bits per heavy atom. The van der Waals surface area contributed by atoms with Crippen LogP contribution in [0.15, 0.2) is 54.4 Å². The maximum absolute atomic E-state index is 11.7. The lowest BCUT2D eigenvalue weighted by Crippen LogP contribution is -3.00. The van der Waals surface area contributed by atoms with Crippen molar-refractivity contribution in [3.05, 3.63) is 60.0 Å². The summed E-state index contributed by atoms with van der Waals surface area (Å²) in [5.74, 6) is -0.232. The van der Waals surface area contributed by atoms with Crippen molar-refractivity contribution in [3.8, 4) is 0 Å². The first-order valence-electron chi connectivity index (χ1n) is 7.57. The van der Waals surface area contributed by atoms with Gasteiger partial charge in [-0.05, 0) is 45.3 Å². The topological polar surface area (TPSA) is 30.2 Å². The second-order valence-corrected chi connectivity index (χ2v) is 5.56. The van der Waals surface area contributed by atoms with Gasteiger partial charge in [0.25, 0.3) is 0 Å². The van der Waals surface area contributed by atoms with Gasteiger partial charge < -0.3 is 21.7 Å². The van der Waals surface area contributed by atoms with E-state index < -0.39 is 0 Å². The van der Waals surface area contributed by atoms with Gasteiger partial charge in [0.15, 0.2) is 12.4 Å². The molecule has 0 N–H and O–H groups in total. The van der Waals surface area contributed by atoms with Crippen LogP contribution in [0.3, 0.4) is 0 Å². The Morgan fingerprint density at radius 2 is 1.87 bits per heavy atom. The van der Waals surface area contributed by atoms with Crippen LogP contribution < -0.4 is 21.5 Å². The third-order valence-corrected chi connectivity index (χ3v) is 3.23. The van der Waals surface area contributed by atoms with Gasteiger partial charge in [0, 0.05) is 12.1 Å². The molecule has 0 aliphatic rings. The van der Waals surface area contributed by atoms with Gasteiger partial charge in [-0.2, -0.15) is 4.57 Å². The maximum Gasteiger partial charge on any atom is 0.372 e. The summed E-state index contributed by atoms with van der Waals surface area (Å²) < 4.78 is 7.02. The lowest BCUT2D eigenvalue weighted by Gasteiger charge is -2.02. The van der Waals surface area contributed by atoms with E-state index in [1.807, 2.05) is 30.6 Å². The van der Waals surface area contributed by atoms with E-state index in [9.17, 15) is 4.79 Å². The van der Waals surface area contributed by atoms with Crippen molar-refractivity contribution in [3.63, 3.8) is 0 Å². The predicted octanol–water partition coefficient (Wildman–Crippen LogP) is 0.857. The number of ether oxygens (including phenoxy) is 1. The summed E-state index contributed by atoms with van der Waals surface area (Å²) in [5.41, 5.74) is 3.60. The smallest absolute Gasteiger partial charge is 0.372 e. The van der Waals surface area contributed by atoms with Crippen molar-refractivity contribution in [2.45, 2.75) is 40.2 Å². The molecule has 0 spiro atoms. The third-order valence-electron chi connectivity index (χ3n) is 3.23. The molecule has 126 valence electrons. The molecule has 0 radical (unpaired) electrons. The molecular formula is C19H26BrNO2. The molecule has 0 aromatic carbocycles. The van der Waals surface area contributed by atoms with Crippen molar-refractivity contribution in [2.24, 2.45) is 0 Å². The lowest BCUT2D eigenvalue weighted by atomic mass is 10.1. The Kier molecular flexibility index (Phi) is 11.0. The molecular weight excluding hydrogens is 354 g/mol. The quantitative estimate of drug-likeness (QED) is 0.381. The van der Waals surface area contributed by atoms with Gasteiger partial charge in [-0.3, -0.25) is 0 Å². The third kappa shape index (κ3) is 9.84. The summed E-state index contributed by atoms with van der Waals surface area (Å²) in [7, 11) is 0. The van der Waals surface area contributed by atoms with Crippen LogP contribution in [0.5, 0.6) is 0 Å². The Bertz CT molecular complexity index is 555. The first-order valence-corrected chi connectivity index (χ1v) is 7.57. The van der Waals surface area contributed by atoms with Gasteiger partial charge in [0.1, 0.15) is 6.61 Å². The minimum Gasteiger partial charge on any atom is -1.00 e. The van der Waals surface area contributed by atoms with E-state index in [4.69, 9.17) is 4.74 Å². The number of carbonyl (C=O) groups excluding carboxylic acids is 1. The summed E-state index contributed by atoms with van der Waals surface area (Å²) in [6.45, 7) is 10.5. The second-order valence-electron chi connectivity index (χ2n) is 5.56. The monoisotopic (exact) mass is 379 g/mol. The standard InChI is InChI=1S/C19H26NO2.BrH/c1-5-18-9-12-20(13-10-18)15-19(21)22-14-11-17(4)8-6-7-16(2)3;/h5,7,9-13H,1,6,8,14-15H2,2-4H3;1H/q+1;/p-1/b17-11+;. The molecule has 1 rings (SSSR count). The summed E-state index contributed by atoms with van der Waals surface area (Å²) in [6, 6.07) is 3.82. The Hall–Kier alpha value is -1.68. The highest BCUT2D eigenvalue weighted by Gasteiger charge is 2.09. The second kappa shape index (κ2) is 11.8. The first-order chi connectivity index (χ1) is 10.5. The van der Waals surface area contributed by atoms with Crippen LogP contribution in [0.4, 0.5) is 0 Å². The number of pyridine rings is 1. The normalized spacial score (nSPS) is 10.5. The molecule has 1 heterocycles. The Balaban J connectivity index is 0.00000484. The van der Waals surface area contributed by atoms with Crippen molar-refractivity contribution in [2.75, 3.05) is 6.61 Å². The molecule has 3 nitrogen and oxygen atoms in total. The summed E-state index contributed by atoms with van der Waals surface area (Å²) >= 11 is 0. The largest absolute Gasteiger partial charge is 1.00 e. The highest BCUT2D eigenvalue weighted by molar-refractivity contribution is 5.67. The average molecular weight is 380 g/mol. The van der Waals surface area contributed by atoms with E-state index in [0.717, 1.165) is 18.4 Å². The summed E-state index contributed by atoms with van der Waals surface area (Å²) in [6.07, 6.45) is 11.7. The lowest BCUT2D eigenvalue weighted by molar-refractivity contribution is -0.686. The Labute approximate surface area is 150 Å². The van der Waals surface area contributed by atoms with Gasteiger partial charge in [0.2, 0.25) is 6.54 Å². The molecule has 0 amide bonds. The van der Waals surface area contributed by atoms with Crippen molar-refractivity contribution in [1.82, 2.24) is 0 Å². The highest BCUT2D eigenvalue weighted by atomic mass is 79.9. The Morgan fingerprint density at radius 3 is 2.43 bits per heavy atom. The highest BCUT2D eigenvalue weighted by Crippen LogP contribution is 2.06. The minimum absolute atomic E-state index is 0. The molecule has 1 aromatic rings. The molecule has 0 saturated heterocycles. The van der Waals surface area contributed by atoms with E-state index in [0.29, 0.717) is 6.61 Å². The van der Waals surface area contributed by atoms with E-state index in [-0.39, 0.29) is 29.5 Å². The number of hydrogen-bond acceptors (Lipinski definition) is 2. The molecule has 0 bridgehead atoms. The van der Waals surface area contributed by atoms with Crippen LogP contribution in [0.25, 0.3) is 6.08 Å². The molecule has 0 aliphatic heterocycles. The zero-order chi connectivity index (χ0) is 16.4. The van der Waals surface area contributed by atoms with Crippen LogP contribution in [0.1, 0.15) is 39.2 Å². The number of allylic oxidation sites excluding steroid dienone is 3. The molecule has 0 aliphatic carbocycles. The molecule has 0 unspecified atom stereocenters. The zero-order valence-electron chi connectivity index (χ0n) is 14.2. The summed E-state index contributed by atoms with van der Waals surface area (Å²) in [5, 5.41) is 0. The zero-order valence-corrected chi connectivity index (χ0v) is 15.8. The van der Waals surface area contributed by atoms with Crippen LogP contribution in [-0.4, -0.2) is 12.6 Å². The van der Waals surface area contributed by atoms with Gasteiger partial charge in [0.05, 0.1) is 0 Å². The van der Waals surface area contributed by atoms with Gasteiger partial charge >= 0.3 is 5.97 Å². The van der Waals surface area contributed by atoms with Crippen LogP contribution in [0.2, 0.25) is 0 Å². The molecule has 4 heteroatoms. The number of rotatable bonds is 8. The number of aromatic nitrogens is 1. The number of esters is 1. The molecule has 1 aromatic heterocycles. The van der Waals surface area contributed by atoms with Gasteiger partial charge in [-0.15, -0.1) is 0 Å². The van der Waals surface area contributed by atoms with E-state index in [1.54, 1.807) is 10.6 Å². The van der Waals surface area contributed by atoms with Gasteiger partial charge in [-0.1, -0.05) is 29.9 Å².